The molecule has 0 amide bonds. The molecule has 0 aliphatic heterocycles. The molecule has 5 nitrogen and oxygen atoms in total. The Bertz CT molecular complexity index is 1440. The van der Waals surface area contributed by atoms with E-state index in [-0.39, 0.29) is 21.0 Å². The molecule has 0 aliphatic rings. The molecule has 1 N–H and O–H groups in total. The van der Waals surface area contributed by atoms with E-state index in [0.29, 0.717) is 23.8 Å². The minimum absolute atomic E-state index is 0.00789. The molecule has 0 spiro atoms. The molecule has 10 heteroatoms. The van der Waals surface area contributed by atoms with E-state index in [4.69, 9.17) is 23.2 Å². The highest BCUT2D eigenvalue weighted by molar-refractivity contribution is 7.92. The molecule has 2 heterocycles. The Morgan fingerprint density at radius 2 is 1.69 bits per heavy atom. The van der Waals surface area contributed by atoms with Gasteiger partial charge in [0.1, 0.15) is 22.7 Å². The van der Waals surface area contributed by atoms with Gasteiger partial charge in [0.15, 0.2) is 9.84 Å². The molecule has 180 valence electrons. The molecule has 1 unspecified atom stereocenters. The predicted octanol–water partition coefficient (Wildman–Crippen LogP) is 6.28. The summed E-state index contributed by atoms with van der Waals surface area (Å²) in [4.78, 5) is 8.34. The summed E-state index contributed by atoms with van der Waals surface area (Å²) in [6.07, 6.45) is 3.56. The number of pyridine rings is 2. The Hall–Kier alpha value is -3.07. The summed E-state index contributed by atoms with van der Waals surface area (Å²) < 4.78 is 56.5. The number of halogens is 4. The van der Waals surface area contributed by atoms with Gasteiger partial charge in [-0.05, 0) is 66.2 Å². The van der Waals surface area contributed by atoms with Crippen LogP contribution in [0.15, 0.2) is 84.0 Å². The fraction of sp³-hybridized carbons (Fsp3) is 0.120. The van der Waals surface area contributed by atoms with Crippen LogP contribution in [0.25, 0.3) is 0 Å². The van der Waals surface area contributed by atoms with Gasteiger partial charge in [-0.25, -0.2) is 22.2 Å². The summed E-state index contributed by atoms with van der Waals surface area (Å²) in [5.74, 6) is -1.34. The molecule has 0 saturated heterocycles. The molecule has 0 bridgehead atoms. The Morgan fingerprint density at radius 1 is 0.914 bits per heavy atom. The molecular weight excluding hydrogens is 515 g/mol. The molecule has 0 fully saturated rings. The topological polar surface area (TPSA) is 72.0 Å². The monoisotopic (exact) mass is 533 g/mol. The normalized spacial score (nSPS) is 12.3. The quantitative estimate of drug-likeness (QED) is 0.288. The van der Waals surface area contributed by atoms with E-state index in [1.807, 2.05) is 18.2 Å². The van der Waals surface area contributed by atoms with Gasteiger partial charge < -0.3 is 5.32 Å². The van der Waals surface area contributed by atoms with Crippen molar-refractivity contribution < 1.29 is 17.2 Å². The molecular formula is C25H19Cl2F2N3O2S. The maximum atomic E-state index is 14.9. The van der Waals surface area contributed by atoms with Crippen molar-refractivity contribution in [3.05, 3.63) is 118 Å². The van der Waals surface area contributed by atoms with Gasteiger partial charge in [0.05, 0.1) is 9.92 Å². The zero-order chi connectivity index (χ0) is 25.0. The van der Waals surface area contributed by atoms with E-state index in [2.05, 4.69) is 15.3 Å². The van der Waals surface area contributed by atoms with Crippen LogP contribution in [0.2, 0.25) is 10.0 Å². The summed E-state index contributed by atoms with van der Waals surface area (Å²) in [5, 5.41) is 1.79. The highest BCUT2D eigenvalue weighted by Gasteiger charge is 2.35. The molecule has 0 saturated carbocycles. The molecule has 4 rings (SSSR count). The lowest BCUT2D eigenvalue weighted by atomic mass is 10.0. The minimum atomic E-state index is -4.28. The van der Waals surface area contributed by atoms with Crippen LogP contribution in [0, 0.1) is 11.6 Å². The lowest BCUT2D eigenvalue weighted by Crippen LogP contribution is -2.18. The van der Waals surface area contributed by atoms with Gasteiger partial charge in [0, 0.05) is 41.6 Å². The van der Waals surface area contributed by atoms with Crippen LogP contribution in [0.5, 0.6) is 0 Å². The third-order valence-electron chi connectivity index (χ3n) is 5.27. The van der Waals surface area contributed by atoms with Gasteiger partial charge >= 0.3 is 0 Å². The second-order valence-corrected chi connectivity index (χ2v) is 10.5. The maximum Gasteiger partial charge on any atom is 0.189 e. The first-order valence-corrected chi connectivity index (χ1v) is 12.8. The lowest BCUT2D eigenvalue weighted by molar-refractivity contribution is 0.569. The van der Waals surface area contributed by atoms with E-state index < -0.39 is 26.7 Å². The molecule has 0 aliphatic carbocycles. The van der Waals surface area contributed by atoms with Crippen LogP contribution >= 0.6 is 23.2 Å². The Balaban J connectivity index is 1.76. The fourth-order valence-corrected chi connectivity index (χ4v) is 5.83. The molecule has 1 atom stereocenters. The Labute approximate surface area is 211 Å². The van der Waals surface area contributed by atoms with Gasteiger partial charge in [-0.3, -0.25) is 4.98 Å². The first-order valence-electron chi connectivity index (χ1n) is 10.5. The molecule has 0 radical (unpaired) electrons. The van der Waals surface area contributed by atoms with Crippen LogP contribution < -0.4 is 5.32 Å². The number of sulfone groups is 1. The Morgan fingerprint density at radius 3 is 2.40 bits per heavy atom. The Kier molecular flexibility index (Phi) is 7.64. The van der Waals surface area contributed by atoms with Gasteiger partial charge in [-0.1, -0.05) is 29.3 Å². The average Bonchev–Trinajstić information content (AvgIpc) is 2.84. The highest BCUT2D eigenvalue weighted by Crippen LogP contribution is 2.40. The number of nitrogens with one attached hydrogen (secondary N) is 1. The first kappa shape index (κ1) is 25.0. The maximum absolute atomic E-state index is 14.9. The number of hydrogen-bond acceptors (Lipinski definition) is 5. The SMILES string of the molecule is O=S(=O)(c1ccc(Cl)cc1)C(c1cc(F)ccc1F)c1cc(NCCc2ccccn2)ncc1Cl. The van der Waals surface area contributed by atoms with Crippen LogP contribution in [0.1, 0.15) is 22.1 Å². The summed E-state index contributed by atoms with van der Waals surface area (Å²) in [5.41, 5.74) is 0.549. The van der Waals surface area contributed by atoms with E-state index in [9.17, 15) is 17.2 Å². The van der Waals surface area contributed by atoms with Crippen LogP contribution in [0.3, 0.4) is 0 Å². The van der Waals surface area contributed by atoms with Crippen LogP contribution in [0.4, 0.5) is 14.6 Å². The first-order chi connectivity index (χ1) is 16.8. The third kappa shape index (κ3) is 5.78. The van der Waals surface area contributed by atoms with Crippen LogP contribution in [-0.2, 0) is 16.3 Å². The van der Waals surface area contributed by atoms with Crippen LogP contribution in [-0.4, -0.2) is 24.9 Å². The van der Waals surface area contributed by atoms with Crippen molar-refractivity contribution in [2.24, 2.45) is 0 Å². The number of aromatic nitrogens is 2. The third-order valence-corrected chi connectivity index (χ3v) is 7.90. The second kappa shape index (κ2) is 10.7. The van der Waals surface area contributed by atoms with Crippen molar-refractivity contribution in [2.75, 3.05) is 11.9 Å². The molecule has 4 aromatic rings. The van der Waals surface area contributed by atoms with E-state index in [0.717, 1.165) is 23.9 Å². The van der Waals surface area contributed by atoms with Gasteiger partial charge in [0.2, 0.25) is 0 Å². The van der Waals surface area contributed by atoms with Crippen molar-refractivity contribution in [3.8, 4) is 0 Å². The van der Waals surface area contributed by atoms with E-state index in [1.165, 1.54) is 36.5 Å². The molecule has 2 aromatic carbocycles. The molecule has 35 heavy (non-hydrogen) atoms. The minimum Gasteiger partial charge on any atom is -0.370 e. The highest BCUT2D eigenvalue weighted by atomic mass is 35.5. The van der Waals surface area contributed by atoms with Crippen molar-refractivity contribution in [2.45, 2.75) is 16.6 Å². The molecule has 2 aromatic heterocycles. The smallest absolute Gasteiger partial charge is 0.189 e. The number of anilines is 1. The van der Waals surface area contributed by atoms with Crippen molar-refractivity contribution in [1.82, 2.24) is 9.97 Å². The standard InChI is InChI=1S/C25H19Cl2F2N3O2S/c26-16-4-7-19(8-5-16)35(33,34)25(21-13-17(28)6-9-23(21)29)20-14-24(32-15-22(20)27)31-12-10-18-3-1-2-11-30-18/h1-9,11,13-15,25H,10,12H2,(H,31,32). The number of hydrogen-bond donors (Lipinski definition) is 1. The number of nitrogens with zero attached hydrogens (tertiary/aromatic N) is 2. The summed E-state index contributed by atoms with van der Waals surface area (Å²) in [6, 6.07) is 15.1. The van der Waals surface area contributed by atoms with Crippen molar-refractivity contribution >= 4 is 38.9 Å². The lowest BCUT2D eigenvalue weighted by Gasteiger charge is -2.21. The van der Waals surface area contributed by atoms with E-state index in [1.54, 1.807) is 6.20 Å². The predicted molar refractivity (Wildman–Crippen MR) is 133 cm³/mol. The van der Waals surface area contributed by atoms with Crippen molar-refractivity contribution in [1.29, 1.82) is 0 Å². The summed E-state index contributed by atoms with van der Waals surface area (Å²) in [6.45, 7) is 0.452. The largest absolute Gasteiger partial charge is 0.370 e. The number of benzene rings is 2. The summed E-state index contributed by atoms with van der Waals surface area (Å²) >= 11 is 12.3. The average molecular weight is 534 g/mol. The zero-order valence-electron chi connectivity index (χ0n) is 18.1. The van der Waals surface area contributed by atoms with Gasteiger partial charge in [-0.2, -0.15) is 0 Å². The fourth-order valence-electron chi connectivity index (χ4n) is 3.59. The van der Waals surface area contributed by atoms with Crippen molar-refractivity contribution in [3.63, 3.8) is 0 Å². The van der Waals surface area contributed by atoms with Gasteiger partial charge in [0.25, 0.3) is 0 Å². The second-order valence-electron chi connectivity index (χ2n) is 7.63. The summed E-state index contributed by atoms with van der Waals surface area (Å²) in [7, 11) is -4.28. The van der Waals surface area contributed by atoms with E-state index >= 15 is 0 Å². The zero-order valence-corrected chi connectivity index (χ0v) is 20.5. The van der Waals surface area contributed by atoms with Gasteiger partial charge in [-0.15, -0.1) is 0 Å². The number of rotatable bonds is 8.